The molecule has 1 heterocycles. The van der Waals surface area contributed by atoms with E-state index in [1.165, 1.54) is 36.6 Å². The molecule has 0 aliphatic heterocycles. The second-order valence-corrected chi connectivity index (χ2v) is 6.48. The van der Waals surface area contributed by atoms with E-state index in [1.807, 2.05) is 0 Å². The number of benzene rings is 1. The van der Waals surface area contributed by atoms with Crippen molar-refractivity contribution < 1.29 is 23.0 Å². The molecule has 5 nitrogen and oxygen atoms in total. The van der Waals surface area contributed by atoms with Crippen molar-refractivity contribution in [3.63, 3.8) is 0 Å². The van der Waals surface area contributed by atoms with Crippen molar-refractivity contribution in [2.45, 2.75) is 25.9 Å². The Labute approximate surface area is 146 Å². The van der Waals surface area contributed by atoms with E-state index in [2.05, 4.69) is 16.1 Å². The SMILES string of the molecule is COc1cc(C(=O)Nc2sc3c(c2C#N)CCC3)ccc1OC(F)F. The molecule has 0 bridgehead atoms. The maximum atomic E-state index is 12.5. The zero-order chi connectivity index (χ0) is 18.0. The summed E-state index contributed by atoms with van der Waals surface area (Å²) in [6.07, 6.45) is 2.78. The molecule has 0 saturated carbocycles. The van der Waals surface area contributed by atoms with E-state index >= 15 is 0 Å². The minimum absolute atomic E-state index is 0.0298. The second kappa shape index (κ2) is 7.07. The van der Waals surface area contributed by atoms with Crippen LogP contribution in [-0.4, -0.2) is 19.6 Å². The standard InChI is InChI=1S/C17H14F2N2O3S/c1-23-13-7-9(5-6-12(13)24-17(18)19)15(22)21-16-11(8-20)10-3-2-4-14(10)25-16/h5-7,17H,2-4H2,1H3,(H,21,22). The Morgan fingerprint density at radius 1 is 1.36 bits per heavy atom. The minimum Gasteiger partial charge on any atom is -0.493 e. The van der Waals surface area contributed by atoms with E-state index < -0.39 is 12.5 Å². The van der Waals surface area contributed by atoms with Crippen LogP contribution in [-0.2, 0) is 12.8 Å². The van der Waals surface area contributed by atoms with E-state index in [9.17, 15) is 18.8 Å². The summed E-state index contributed by atoms with van der Waals surface area (Å²) in [6.45, 7) is -2.99. The lowest BCUT2D eigenvalue weighted by atomic mass is 10.1. The number of hydrogen-bond acceptors (Lipinski definition) is 5. The number of nitrogens with zero attached hydrogens (tertiary/aromatic N) is 1. The maximum Gasteiger partial charge on any atom is 0.387 e. The number of alkyl halides is 2. The Hall–Kier alpha value is -2.66. The predicted octanol–water partition coefficient (Wildman–Crippen LogP) is 3.97. The number of carbonyl (C=O) groups excluding carboxylic acids is 1. The van der Waals surface area contributed by atoms with Gasteiger partial charge in [-0.05, 0) is 43.0 Å². The van der Waals surface area contributed by atoms with Crippen molar-refractivity contribution in [3.8, 4) is 17.6 Å². The van der Waals surface area contributed by atoms with Gasteiger partial charge in [-0.1, -0.05) is 0 Å². The van der Waals surface area contributed by atoms with Crippen LogP contribution in [0.3, 0.4) is 0 Å². The Balaban J connectivity index is 1.84. The Kier molecular flexibility index (Phi) is 4.86. The molecule has 1 aliphatic carbocycles. The van der Waals surface area contributed by atoms with Gasteiger partial charge in [-0.2, -0.15) is 14.0 Å². The van der Waals surface area contributed by atoms with E-state index in [0.717, 1.165) is 29.7 Å². The Bertz CT molecular complexity index is 858. The van der Waals surface area contributed by atoms with Crippen molar-refractivity contribution in [3.05, 3.63) is 39.8 Å². The van der Waals surface area contributed by atoms with Gasteiger partial charge >= 0.3 is 6.61 Å². The van der Waals surface area contributed by atoms with Crippen molar-refractivity contribution in [2.24, 2.45) is 0 Å². The normalized spacial score (nSPS) is 12.6. The van der Waals surface area contributed by atoms with Crippen LogP contribution in [0, 0.1) is 11.3 Å². The zero-order valence-electron chi connectivity index (χ0n) is 13.3. The fourth-order valence-electron chi connectivity index (χ4n) is 2.79. The highest BCUT2D eigenvalue weighted by atomic mass is 32.1. The quantitative estimate of drug-likeness (QED) is 0.871. The number of nitrogens with one attached hydrogen (secondary N) is 1. The number of ether oxygens (including phenoxy) is 2. The first kappa shape index (κ1) is 17.2. The van der Waals surface area contributed by atoms with E-state index in [-0.39, 0.29) is 17.1 Å². The van der Waals surface area contributed by atoms with Gasteiger partial charge in [0.25, 0.3) is 5.91 Å². The number of fused-ring (bicyclic) bond motifs is 1. The van der Waals surface area contributed by atoms with Crippen molar-refractivity contribution in [2.75, 3.05) is 12.4 Å². The van der Waals surface area contributed by atoms with E-state index in [4.69, 9.17) is 4.74 Å². The lowest BCUT2D eigenvalue weighted by Gasteiger charge is -2.11. The molecule has 25 heavy (non-hydrogen) atoms. The Morgan fingerprint density at radius 2 is 2.16 bits per heavy atom. The minimum atomic E-state index is -2.99. The van der Waals surface area contributed by atoms with Gasteiger partial charge in [0.2, 0.25) is 0 Å². The number of methoxy groups -OCH3 is 1. The van der Waals surface area contributed by atoms with Crippen molar-refractivity contribution in [1.82, 2.24) is 0 Å². The predicted molar refractivity (Wildman–Crippen MR) is 88.6 cm³/mol. The van der Waals surface area contributed by atoms with Crippen LogP contribution in [0.5, 0.6) is 11.5 Å². The third-order valence-electron chi connectivity index (χ3n) is 3.90. The first-order valence-corrected chi connectivity index (χ1v) is 8.34. The molecule has 0 unspecified atom stereocenters. The maximum absolute atomic E-state index is 12.5. The molecule has 0 atom stereocenters. The topological polar surface area (TPSA) is 71.3 Å². The lowest BCUT2D eigenvalue weighted by molar-refractivity contribution is -0.0512. The first-order chi connectivity index (χ1) is 12.0. The summed E-state index contributed by atoms with van der Waals surface area (Å²) in [5.74, 6) is -0.567. The molecule has 0 saturated heterocycles. The molecule has 0 spiro atoms. The van der Waals surface area contributed by atoms with Crippen LogP contribution >= 0.6 is 11.3 Å². The number of nitriles is 1. The van der Waals surface area contributed by atoms with Crippen LogP contribution in [0.25, 0.3) is 0 Å². The molecule has 3 rings (SSSR count). The Morgan fingerprint density at radius 3 is 2.84 bits per heavy atom. The molecule has 0 radical (unpaired) electrons. The number of amides is 1. The van der Waals surface area contributed by atoms with Crippen molar-refractivity contribution >= 4 is 22.2 Å². The summed E-state index contributed by atoms with van der Waals surface area (Å²) in [4.78, 5) is 13.6. The fourth-order valence-corrected chi connectivity index (χ4v) is 4.02. The van der Waals surface area contributed by atoms with Crippen molar-refractivity contribution in [1.29, 1.82) is 5.26 Å². The first-order valence-electron chi connectivity index (χ1n) is 7.52. The van der Waals surface area contributed by atoms with Gasteiger partial charge in [-0.3, -0.25) is 4.79 Å². The molecule has 130 valence electrons. The molecular weight excluding hydrogens is 350 g/mol. The molecular formula is C17H14F2N2O3S. The molecule has 1 N–H and O–H groups in total. The highest BCUT2D eigenvalue weighted by Crippen LogP contribution is 2.39. The van der Waals surface area contributed by atoms with Gasteiger partial charge in [-0.15, -0.1) is 11.3 Å². The van der Waals surface area contributed by atoms with Gasteiger partial charge in [0.1, 0.15) is 11.1 Å². The van der Waals surface area contributed by atoms with Gasteiger partial charge in [-0.25, -0.2) is 0 Å². The van der Waals surface area contributed by atoms with Crippen LogP contribution in [0.4, 0.5) is 13.8 Å². The molecule has 8 heteroatoms. The molecule has 1 aromatic heterocycles. The number of halogens is 2. The van der Waals surface area contributed by atoms with Gasteiger partial charge in [0, 0.05) is 10.4 Å². The number of hydrogen-bond donors (Lipinski definition) is 1. The summed E-state index contributed by atoms with van der Waals surface area (Å²) < 4.78 is 34.0. The van der Waals surface area contributed by atoms with E-state index in [0.29, 0.717) is 10.6 Å². The summed E-state index contributed by atoms with van der Waals surface area (Å²) in [7, 11) is 1.30. The zero-order valence-corrected chi connectivity index (χ0v) is 14.1. The lowest BCUT2D eigenvalue weighted by Crippen LogP contribution is -2.12. The number of thiophene rings is 1. The van der Waals surface area contributed by atoms with Crippen LogP contribution in [0.15, 0.2) is 18.2 Å². The van der Waals surface area contributed by atoms with Crippen LogP contribution in [0.1, 0.15) is 32.8 Å². The molecule has 2 aromatic rings. The molecule has 1 amide bonds. The van der Waals surface area contributed by atoms with Crippen LogP contribution < -0.4 is 14.8 Å². The average molecular weight is 364 g/mol. The fraction of sp³-hybridized carbons (Fsp3) is 0.294. The number of aryl methyl sites for hydroxylation is 1. The molecule has 1 aromatic carbocycles. The highest BCUT2D eigenvalue weighted by Gasteiger charge is 2.23. The largest absolute Gasteiger partial charge is 0.493 e. The highest BCUT2D eigenvalue weighted by molar-refractivity contribution is 7.16. The smallest absolute Gasteiger partial charge is 0.387 e. The van der Waals surface area contributed by atoms with Gasteiger partial charge < -0.3 is 14.8 Å². The van der Waals surface area contributed by atoms with E-state index in [1.54, 1.807) is 0 Å². The number of anilines is 1. The monoisotopic (exact) mass is 364 g/mol. The number of rotatable bonds is 5. The third-order valence-corrected chi connectivity index (χ3v) is 5.11. The number of carbonyl (C=O) groups is 1. The summed E-state index contributed by atoms with van der Waals surface area (Å²) in [6, 6.07) is 6.09. The van der Waals surface area contributed by atoms with Gasteiger partial charge in [0.05, 0.1) is 12.7 Å². The summed E-state index contributed by atoms with van der Waals surface area (Å²) in [5, 5.41) is 12.6. The summed E-state index contributed by atoms with van der Waals surface area (Å²) in [5.41, 5.74) is 1.74. The second-order valence-electron chi connectivity index (χ2n) is 5.37. The van der Waals surface area contributed by atoms with Crippen LogP contribution in [0.2, 0.25) is 0 Å². The van der Waals surface area contributed by atoms with Gasteiger partial charge in [0.15, 0.2) is 11.5 Å². The molecule has 0 fully saturated rings. The molecule has 1 aliphatic rings. The summed E-state index contributed by atoms with van der Waals surface area (Å²) >= 11 is 1.41. The average Bonchev–Trinajstić information content (AvgIpc) is 3.15. The third kappa shape index (κ3) is 3.42.